The molecule has 7 nitrogen and oxygen atoms in total. The number of nitrogens with zero attached hydrogens (tertiary/aromatic N) is 2. The monoisotopic (exact) mass is 267 g/mol. The van der Waals surface area contributed by atoms with Crippen molar-refractivity contribution in [1.82, 2.24) is 15.5 Å². The predicted molar refractivity (Wildman–Crippen MR) is 64.7 cm³/mol. The normalized spacial score (nSPS) is 10.1. The van der Waals surface area contributed by atoms with Gasteiger partial charge < -0.3 is 15.3 Å². The Morgan fingerprint density at radius 2 is 2.33 bits per heavy atom. The summed E-state index contributed by atoms with van der Waals surface area (Å²) < 4.78 is 4.85. The fraction of sp³-hybridized carbons (Fsp3) is 0.100. The minimum atomic E-state index is -0.313. The maximum atomic E-state index is 11.8. The lowest BCUT2D eigenvalue weighted by molar-refractivity contribution is 0.0947. The Hall–Kier alpha value is -2.12. The Balaban J connectivity index is 2.06. The molecule has 18 heavy (non-hydrogen) atoms. The summed E-state index contributed by atoms with van der Waals surface area (Å²) in [5.74, 6) is 5.77. The first-order chi connectivity index (χ1) is 8.69. The number of hydrogen-bond acceptors (Lipinski definition) is 6. The quantitative estimate of drug-likeness (QED) is 0.432. The van der Waals surface area contributed by atoms with E-state index in [0.717, 1.165) is 0 Å². The van der Waals surface area contributed by atoms with Gasteiger partial charge in [-0.1, -0.05) is 16.8 Å². The van der Waals surface area contributed by atoms with Gasteiger partial charge in [0.2, 0.25) is 0 Å². The van der Waals surface area contributed by atoms with Crippen molar-refractivity contribution in [3.05, 3.63) is 40.9 Å². The number of carbonyl (C=O) groups is 1. The summed E-state index contributed by atoms with van der Waals surface area (Å²) in [6, 6.07) is 4.59. The number of rotatable bonds is 4. The third-order valence-corrected chi connectivity index (χ3v) is 2.31. The van der Waals surface area contributed by atoms with Crippen LogP contribution >= 0.6 is 11.6 Å². The topological polar surface area (TPSA) is 106 Å². The summed E-state index contributed by atoms with van der Waals surface area (Å²) in [6.45, 7) is 0.240. The molecule has 4 N–H and O–H groups in total. The number of pyridine rings is 1. The molecule has 0 aromatic carbocycles. The Bertz CT molecular complexity index is 543. The van der Waals surface area contributed by atoms with Crippen molar-refractivity contribution in [2.75, 3.05) is 5.43 Å². The van der Waals surface area contributed by atoms with Gasteiger partial charge in [0.05, 0.1) is 12.7 Å². The average Bonchev–Trinajstić information content (AvgIpc) is 2.88. The molecular weight excluding hydrogens is 258 g/mol. The van der Waals surface area contributed by atoms with Crippen molar-refractivity contribution in [3.8, 4) is 0 Å². The molecule has 8 heteroatoms. The molecule has 0 saturated heterocycles. The van der Waals surface area contributed by atoms with Gasteiger partial charge in [0.1, 0.15) is 11.0 Å². The summed E-state index contributed by atoms with van der Waals surface area (Å²) in [7, 11) is 0. The lowest BCUT2D eigenvalue weighted by Gasteiger charge is -2.05. The number of carbonyl (C=O) groups excluding carboxylic acids is 1. The molecule has 1 amide bonds. The highest BCUT2D eigenvalue weighted by Gasteiger charge is 2.09. The minimum absolute atomic E-state index is 0.176. The molecule has 2 rings (SSSR count). The maximum Gasteiger partial charge on any atom is 0.251 e. The largest absolute Gasteiger partial charge is 0.360 e. The SMILES string of the molecule is NNc1cc(C(=O)NCc2ccno2)cc(Cl)n1. The van der Waals surface area contributed by atoms with Crippen LogP contribution < -0.4 is 16.6 Å². The van der Waals surface area contributed by atoms with E-state index in [0.29, 0.717) is 17.1 Å². The van der Waals surface area contributed by atoms with Gasteiger partial charge in [-0.05, 0) is 12.1 Å². The molecule has 0 fully saturated rings. The van der Waals surface area contributed by atoms with E-state index in [1.165, 1.54) is 18.3 Å². The number of anilines is 1. The number of nitrogens with one attached hydrogen (secondary N) is 2. The third kappa shape index (κ3) is 2.96. The number of hydrazine groups is 1. The first-order valence-corrected chi connectivity index (χ1v) is 5.39. The second-order valence-electron chi connectivity index (χ2n) is 3.37. The van der Waals surface area contributed by atoms with E-state index in [1.54, 1.807) is 6.07 Å². The van der Waals surface area contributed by atoms with Gasteiger partial charge in [0.15, 0.2) is 5.76 Å². The Labute approximate surface area is 107 Å². The molecule has 0 bridgehead atoms. The number of hydrogen-bond donors (Lipinski definition) is 3. The average molecular weight is 268 g/mol. The molecule has 0 atom stereocenters. The molecule has 0 radical (unpaired) electrons. The van der Waals surface area contributed by atoms with Crippen LogP contribution in [0.4, 0.5) is 5.82 Å². The standard InChI is InChI=1S/C10H10ClN5O2/c11-8-3-6(4-9(15-8)16-12)10(17)13-5-7-1-2-14-18-7/h1-4H,5,12H2,(H,13,17)(H,15,16). The first kappa shape index (κ1) is 12.3. The van der Waals surface area contributed by atoms with E-state index in [1.807, 2.05) is 0 Å². The number of nitrogen functional groups attached to an aromatic ring is 1. The Morgan fingerprint density at radius 3 is 3.00 bits per heavy atom. The van der Waals surface area contributed by atoms with Gasteiger partial charge >= 0.3 is 0 Å². The summed E-state index contributed by atoms with van der Waals surface area (Å²) >= 11 is 5.76. The number of nitrogens with two attached hydrogens (primary N) is 1. The highest BCUT2D eigenvalue weighted by Crippen LogP contribution is 2.13. The van der Waals surface area contributed by atoms with Crippen LogP contribution in [0.5, 0.6) is 0 Å². The van der Waals surface area contributed by atoms with Crippen molar-refractivity contribution in [1.29, 1.82) is 0 Å². The zero-order chi connectivity index (χ0) is 13.0. The molecule has 94 valence electrons. The van der Waals surface area contributed by atoms with E-state index in [2.05, 4.69) is 20.9 Å². The molecule has 2 heterocycles. The Kier molecular flexibility index (Phi) is 3.75. The van der Waals surface area contributed by atoms with Crippen molar-refractivity contribution < 1.29 is 9.32 Å². The van der Waals surface area contributed by atoms with Crippen molar-refractivity contribution in [2.45, 2.75) is 6.54 Å². The minimum Gasteiger partial charge on any atom is -0.360 e. The maximum absolute atomic E-state index is 11.8. The van der Waals surface area contributed by atoms with Gasteiger partial charge in [-0.3, -0.25) is 4.79 Å². The summed E-state index contributed by atoms with van der Waals surface area (Å²) in [5, 5.41) is 6.36. The summed E-state index contributed by atoms with van der Waals surface area (Å²) in [4.78, 5) is 15.7. The number of amides is 1. The van der Waals surface area contributed by atoms with Crippen molar-refractivity contribution in [2.24, 2.45) is 5.84 Å². The fourth-order valence-corrected chi connectivity index (χ4v) is 1.51. The van der Waals surface area contributed by atoms with Crippen LogP contribution in [-0.4, -0.2) is 16.0 Å². The summed E-state index contributed by atoms with van der Waals surface area (Å²) in [6.07, 6.45) is 1.50. The number of aromatic nitrogens is 2. The molecule has 0 aliphatic carbocycles. The predicted octanol–water partition coefficient (Wildman–Crippen LogP) is 0.939. The fourth-order valence-electron chi connectivity index (χ4n) is 1.30. The van der Waals surface area contributed by atoms with E-state index in [-0.39, 0.29) is 17.6 Å². The summed E-state index contributed by atoms with van der Waals surface area (Å²) in [5.41, 5.74) is 2.68. The molecule has 0 aliphatic heterocycles. The molecule has 0 spiro atoms. The zero-order valence-corrected chi connectivity index (χ0v) is 9.94. The molecule has 0 aliphatic rings. The van der Waals surface area contributed by atoms with Gasteiger partial charge in [-0.2, -0.15) is 0 Å². The van der Waals surface area contributed by atoms with E-state index < -0.39 is 0 Å². The Morgan fingerprint density at radius 1 is 1.50 bits per heavy atom. The van der Waals surface area contributed by atoms with Crippen molar-refractivity contribution >= 4 is 23.3 Å². The lowest BCUT2D eigenvalue weighted by Crippen LogP contribution is -2.23. The number of halogens is 1. The van der Waals surface area contributed by atoms with Gasteiger partial charge in [-0.15, -0.1) is 0 Å². The molecule has 0 saturated carbocycles. The van der Waals surface area contributed by atoms with Crippen molar-refractivity contribution in [3.63, 3.8) is 0 Å². The van der Waals surface area contributed by atoms with Crippen LogP contribution in [0.25, 0.3) is 0 Å². The lowest BCUT2D eigenvalue weighted by atomic mass is 10.2. The third-order valence-electron chi connectivity index (χ3n) is 2.12. The van der Waals surface area contributed by atoms with Gasteiger partial charge in [0.25, 0.3) is 5.91 Å². The highest BCUT2D eigenvalue weighted by atomic mass is 35.5. The van der Waals surface area contributed by atoms with Crippen LogP contribution in [0, 0.1) is 0 Å². The van der Waals surface area contributed by atoms with E-state index >= 15 is 0 Å². The first-order valence-electron chi connectivity index (χ1n) is 5.01. The highest BCUT2D eigenvalue weighted by molar-refractivity contribution is 6.29. The van der Waals surface area contributed by atoms with Crippen LogP contribution in [0.1, 0.15) is 16.1 Å². The molecule has 0 unspecified atom stereocenters. The molecule has 2 aromatic rings. The van der Waals surface area contributed by atoms with E-state index in [4.69, 9.17) is 22.0 Å². The van der Waals surface area contributed by atoms with E-state index in [9.17, 15) is 4.79 Å². The van der Waals surface area contributed by atoms with Gasteiger partial charge in [-0.25, -0.2) is 10.8 Å². The molecular formula is C10H10ClN5O2. The van der Waals surface area contributed by atoms with Crippen LogP contribution in [0.15, 0.2) is 28.9 Å². The molecule has 2 aromatic heterocycles. The second kappa shape index (κ2) is 5.48. The second-order valence-corrected chi connectivity index (χ2v) is 3.76. The van der Waals surface area contributed by atoms with Gasteiger partial charge in [0, 0.05) is 11.6 Å². The zero-order valence-electron chi connectivity index (χ0n) is 9.18. The van der Waals surface area contributed by atoms with Crippen LogP contribution in [0.2, 0.25) is 5.15 Å². The van der Waals surface area contributed by atoms with Crippen LogP contribution in [0.3, 0.4) is 0 Å². The smallest absolute Gasteiger partial charge is 0.251 e. The van der Waals surface area contributed by atoms with Crippen LogP contribution in [-0.2, 0) is 6.54 Å².